The van der Waals surface area contributed by atoms with Crippen LogP contribution in [0.4, 0.5) is 0 Å². The van der Waals surface area contributed by atoms with Crippen molar-refractivity contribution in [2.75, 3.05) is 21.3 Å². The van der Waals surface area contributed by atoms with Gasteiger partial charge in [0.1, 0.15) is 0 Å². The minimum atomic E-state index is -0.636. The molecule has 27 heavy (non-hydrogen) atoms. The number of benzene rings is 1. The summed E-state index contributed by atoms with van der Waals surface area (Å²) in [5, 5.41) is 21.6. The Kier molecular flexibility index (Phi) is 5.48. The molecule has 146 valence electrons. The largest absolute Gasteiger partial charge is 0.494 e. The van der Waals surface area contributed by atoms with E-state index in [1.54, 1.807) is 25.3 Å². The first kappa shape index (κ1) is 18.9. The number of hydrogen-bond donors (Lipinski definition) is 2. The molecule has 0 radical (unpaired) electrons. The molecule has 0 spiro atoms. The second-order valence-corrected chi connectivity index (χ2v) is 6.59. The SMILES string of the molecule is COC(=O)CC(c1ccc(OC)c(OC)c1)n1c(O)c2c(c1O)CCCC2. The fraction of sp³-hybridized carbons (Fsp3) is 0.450. The number of carbonyl (C=O) groups excluding carboxylic acids is 1. The van der Waals surface area contributed by atoms with Crippen molar-refractivity contribution in [3.63, 3.8) is 0 Å². The van der Waals surface area contributed by atoms with Crippen LogP contribution < -0.4 is 9.47 Å². The smallest absolute Gasteiger partial charge is 0.307 e. The van der Waals surface area contributed by atoms with Gasteiger partial charge in [-0.15, -0.1) is 0 Å². The third kappa shape index (κ3) is 3.41. The van der Waals surface area contributed by atoms with E-state index in [2.05, 4.69) is 0 Å². The molecule has 1 unspecified atom stereocenters. The van der Waals surface area contributed by atoms with Crippen molar-refractivity contribution in [2.45, 2.75) is 38.1 Å². The normalized spacial score (nSPS) is 14.3. The van der Waals surface area contributed by atoms with Gasteiger partial charge >= 0.3 is 5.97 Å². The van der Waals surface area contributed by atoms with E-state index in [-0.39, 0.29) is 18.2 Å². The fourth-order valence-corrected chi connectivity index (χ4v) is 3.74. The zero-order valence-electron chi connectivity index (χ0n) is 15.8. The molecule has 1 atom stereocenters. The standard InChI is InChI=1S/C20H25NO6/c1-25-16-9-8-12(10-17(16)26-2)15(11-18(22)27-3)21-19(23)13-6-4-5-7-14(13)20(21)24/h8-10,15,23-24H,4-7,11H2,1-3H3. The molecule has 0 aliphatic heterocycles. The van der Waals surface area contributed by atoms with Crippen molar-refractivity contribution in [1.29, 1.82) is 0 Å². The minimum absolute atomic E-state index is 0.00545. The van der Waals surface area contributed by atoms with E-state index in [9.17, 15) is 15.0 Å². The molecule has 1 aromatic heterocycles. The summed E-state index contributed by atoms with van der Waals surface area (Å²) in [6.45, 7) is 0. The zero-order chi connectivity index (χ0) is 19.6. The van der Waals surface area contributed by atoms with Crippen LogP contribution in [-0.2, 0) is 22.4 Å². The van der Waals surface area contributed by atoms with Crippen molar-refractivity contribution in [3.8, 4) is 23.3 Å². The van der Waals surface area contributed by atoms with Gasteiger partial charge in [-0.2, -0.15) is 0 Å². The van der Waals surface area contributed by atoms with E-state index in [0.717, 1.165) is 24.0 Å². The van der Waals surface area contributed by atoms with Crippen molar-refractivity contribution < 1.29 is 29.2 Å². The maximum Gasteiger partial charge on any atom is 0.307 e. The molecule has 2 N–H and O–H groups in total. The summed E-state index contributed by atoms with van der Waals surface area (Å²) in [4.78, 5) is 12.1. The lowest BCUT2D eigenvalue weighted by molar-refractivity contribution is -0.141. The lowest BCUT2D eigenvalue weighted by Crippen LogP contribution is -2.16. The third-order valence-corrected chi connectivity index (χ3v) is 5.16. The predicted octanol–water partition coefficient (Wildman–Crippen LogP) is 2.95. The summed E-state index contributed by atoms with van der Waals surface area (Å²) in [6.07, 6.45) is 3.29. The molecule has 3 rings (SSSR count). The van der Waals surface area contributed by atoms with Crippen LogP contribution in [0.15, 0.2) is 18.2 Å². The van der Waals surface area contributed by atoms with Crippen LogP contribution in [0, 0.1) is 0 Å². The number of nitrogens with zero attached hydrogens (tertiary/aromatic N) is 1. The maximum atomic E-state index is 12.1. The Morgan fingerprint density at radius 1 is 1.04 bits per heavy atom. The number of esters is 1. The van der Waals surface area contributed by atoms with Crippen molar-refractivity contribution in [1.82, 2.24) is 4.57 Å². The topological polar surface area (TPSA) is 90.2 Å². The lowest BCUT2D eigenvalue weighted by Gasteiger charge is -2.21. The molecule has 0 bridgehead atoms. The second kappa shape index (κ2) is 7.82. The molecule has 2 aromatic rings. The van der Waals surface area contributed by atoms with Crippen LogP contribution in [0.25, 0.3) is 0 Å². The second-order valence-electron chi connectivity index (χ2n) is 6.59. The van der Waals surface area contributed by atoms with Crippen LogP contribution in [0.3, 0.4) is 0 Å². The van der Waals surface area contributed by atoms with E-state index < -0.39 is 12.0 Å². The van der Waals surface area contributed by atoms with Gasteiger partial charge in [0.2, 0.25) is 0 Å². The number of aromatic nitrogens is 1. The average Bonchev–Trinajstić information content (AvgIpc) is 2.96. The number of rotatable bonds is 6. The summed E-state index contributed by atoms with van der Waals surface area (Å²) >= 11 is 0. The van der Waals surface area contributed by atoms with Crippen LogP contribution in [-0.4, -0.2) is 42.1 Å². The quantitative estimate of drug-likeness (QED) is 0.755. The van der Waals surface area contributed by atoms with E-state index in [1.807, 2.05) is 0 Å². The van der Waals surface area contributed by atoms with Gasteiger partial charge in [-0.1, -0.05) is 6.07 Å². The van der Waals surface area contributed by atoms with Gasteiger partial charge in [0.25, 0.3) is 0 Å². The highest BCUT2D eigenvalue weighted by atomic mass is 16.5. The Bertz CT molecular complexity index is 812. The van der Waals surface area contributed by atoms with Crippen molar-refractivity contribution >= 4 is 5.97 Å². The molecule has 0 saturated heterocycles. The Morgan fingerprint density at radius 2 is 1.63 bits per heavy atom. The van der Waals surface area contributed by atoms with Gasteiger partial charge in [-0.05, 0) is 43.4 Å². The van der Waals surface area contributed by atoms with Gasteiger partial charge in [0.15, 0.2) is 23.3 Å². The first-order valence-electron chi connectivity index (χ1n) is 8.94. The Balaban J connectivity index is 2.13. The van der Waals surface area contributed by atoms with Crippen LogP contribution in [0.5, 0.6) is 23.3 Å². The molecule has 0 fully saturated rings. The molecule has 1 aliphatic rings. The third-order valence-electron chi connectivity index (χ3n) is 5.16. The molecule has 0 saturated carbocycles. The van der Waals surface area contributed by atoms with Crippen LogP contribution >= 0.6 is 0 Å². The first-order chi connectivity index (χ1) is 13.0. The molecular formula is C20H25NO6. The maximum absolute atomic E-state index is 12.1. The number of carbonyl (C=O) groups is 1. The predicted molar refractivity (Wildman–Crippen MR) is 98.7 cm³/mol. The van der Waals surface area contributed by atoms with E-state index in [0.29, 0.717) is 29.9 Å². The Morgan fingerprint density at radius 3 is 2.15 bits per heavy atom. The van der Waals surface area contributed by atoms with Gasteiger partial charge in [-0.3, -0.25) is 9.36 Å². The van der Waals surface area contributed by atoms with E-state index in [4.69, 9.17) is 14.2 Å². The molecule has 7 nitrogen and oxygen atoms in total. The molecule has 0 amide bonds. The summed E-state index contributed by atoms with van der Waals surface area (Å²) in [5.74, 6) is 0.621. The lowest BCUT2D eigenvalue weighted by atomic mass is 9.95. The monoisotopic (exact) mass is 375 g/mol. The zero-order valence-corrected chi connectivity index (χ0v) is 15.8. The van der Waals surface area contributed by atoms with Crippen molar-refractivity contribution in [3.05, 3.63) is 34.9 Å². The van der Waals surface area contributed by atoms with Gasteiger partial charge in [0.05, 0.1) is 33.8 Å². The number of aromatic hydroxyl groups is 2. The highest BCUT2D eigenvalue weighted by Crippen LogP contribution is 2.44. The molecule has 1 aliphatic carbocycles. The van der Waals surface area contributed by atoms with E-state index in [1.165, 1.54) is 18.8 Å². The summed E-state index contributed by atoms with van der Waals surface area (Å²) in [5.41, 5.74) is 2.21. The first-order valence-corrected chi connectivity index (χ1v) is 8.94. The summed E-state index contributed by atoms with van der Waals surface area (Å²) in [7, 11) is 4.38. The number of hydrogen-bond acceptors (Lipinski definition) is 6. The van der Waals surface area contributed by atoms with Gasteiger partial charge in [0, 0.05) is 11.1 Å². The Hall–Kier alpha value is -2.83. The highest BCUT2D eigenvalue weighted by molar-refractivity contribution is 5.71. The van der Waals surface area contributed by atoms with Gasteiger partial charge < -0.3 is 24.4 Å². The summed E-state index contributed by atoms with van der Waals surface area (Å²) < 4.78 is 16.9. The molecule has 1 aromatic carbocycles. The molecule has 1 heterocycles. The van der Waals surface area contributed by atoms with Crippen LogP contribution in [0.2, 0.25) is 0 Å². The number of ether oxygens (including phenoxy) is 3. The average molecular weight is 375 g/mol. The Labute approximate surface area is 158 Å². The number of fused-ring (bicyclic) bond motifs is 1. The minimum Gasteiger partial charge on any atom is -0.494 e. The van der Waals surface area contributed by atoms with Gasteiger partial charge in [-0.25, -0.2) is 0 Å². The number of methoxy groups -OCH3 is 3. The molecular weight excluding hydrogens is 350 g/mol. The highest BCUT2D eigenvalue weighted by Gasteiger charge is 2.31. The molecule has 7 heteroatoms. The summed E-state index contributed by atoms with van der Waals surface area (Å²) in [6, 6.07) is 4.62. The van der Waals surface area contributed by atoms with Crippen LogP contribution in [0.1, 0.15) is 42.0 Å². The van der Waals surface area contributed by atoms with E-state index >= 15 is 0 Å². The van der Waals surface area contributed by atoms with Crippen molar-refractivity contribution in [2.24, 2.45) is 0 Å². The fourth-order valence-electron chi connectivity index (χ4n) is 3.74.